The van der Waals surface area contributed by atoms with E-state index in [0.717, 1.165) is 61.6 Å². The van der Waals surface area contributed by atoms with Gasteiger partial charge in [-0.1, -0.05) is 52.3 Å². The van der Waals surface area contributed by atoms with Gasteiger partial charge in [0.25, 0.3) is 0 Å². The highest BCUT2D eigenvalue weighted by Gasteiger charge is 2.17. The molecule has 0 bridgehead atoms. The molecule has 35 heavy (non-hydrogen) atoms. The van der Waals surface area contributed by atoms with E-state index in [4.69, 9.17) is 9.47 Å². The van der Waals surface area contributed by atoms with Crippen molar-refractivity contribution in [3.05, 3.63) is 95.4 Å². The second-order valence-corrected chi connectivity index (χ2v) is 8.96. The average Bonchev–Trinajstić information content (AvgIpc) is 3.30. The van der Waals surface area contributed by atoms with Crippen molar-refractivity contribution in [2.75, 3.05) is 26.1 Å². The molecule has 2 heterocycles. The van der Waals surface area contributed by atoms with E-state index in [1.807, 2.05) is 42.5 Å². The first-order valence-corrected chi connectivity index (χ1v) is 12.1. The number of methoxy groups -OCH3 is 2. The van der Waals surface area contributed by atoms with E-state index in [1.165, 1.54) is 0 Å². The minimum Gasteiger partial charge on any atom is -0.493 e. The van der Waals surface area contributed by atoms with Crippen LogP contribution in [0.25, 0.3) is 27.8 Å². The lowest BCUT2D eigenvalue weighted by atomic mass is 10.1. The van der Waals surface area contributed by atoms with Crippen LogP contribution in [0.1, 0.15) is 5.56 Å². The van der Waals surface area contributed by atoms with E-state index >= 15 is 0 Å². The molecule has 0 spiro atoms. The number of aromatic nitrogens is 3. The van der Waals surface area contributed by atoms with Gasteiger partial charge in [0.1, 0.15) is 12.1 Å². The fourth-order valence-corrected chi connectivity index (χ4v) is 4.46. The number of halogens is 1. The summed E-state index contributed by atoms with van der Waals surface area (Å²) in [6.45, 7) is 0.708. The van der Waals surface area contributed by atoms with Crippen molar-refractivity contribution < 1.29 is 9.47 Å². The minimum absolute atomic E-state index is 0.708. The first-order valence-electron chi connectivity index (χ1n) is 11.3. The van der Waals surface area contributed by atoms with Crippen LogP contribution < -0.4 is 14.8 Å². The zero-order valence-electron chi connectivity index (χ0n) is 19.5. The molecule has 7 heteroatoms. The maximum Gasteiger partial charge on any atom is 0.160 e. The zero-order valence-corrected chi connectivity index (χ0v) is 21.1. The van der Waals surface area contributed by atoms with Crippen LogP contribution in [0.2, 0.25) is 0 Å². The molecule has 0 radical (unpaired) electrons. The predicted molar refractivity (Wildman–Crippen MR) is 144 cm³/mol. The van der Waals surface area contributed by atoms with Crippen LogP contribution in [-0.4, -0.2) is 35.3 Å². The molecule has 0 aliphatic rings. The number of rotatable bonds is 8. The van der Waals surface area contributed by atoms with Crippen molar-refractivity contribution in [1.29, 1.82) is 0 Å². The van der Waals surface area contributed by atoms with Crippen molar-refractivity contribution in [3.63, 3.8) is 0 Å². The van der Waals surface area contributed by atoms with Gasteiger partial charge in [-0.25, -0.2) is 9.97 Å². The lowest BCUT2D eigenvalue weighted by Crippen LogP contribution is -2.07. The Morgan fingerprint density at radius 1 is 0.886 bits per heavy atom. The Bertz CT molecular complexity index is 1450. The van der Waals surface area contributed by atoms with Crippen LogP contribution in [0.3, 0.4) is 0 Å². The Balaban J connectivity index is 1.50. The highest BCUT2D eigenvalue weighted by Crippen LogP contribution is 2.35. The van der Waals surface area contributed by atoms with Gasteiger partial charge < -0.3 is 19.4 Å². The first-order chi connectivity index (χ1) is 17.2. The van der Waals surface area contributed by atoms with E-state index in [0.29, 0.717) is 6.54 Å². The number of anilines is 1. The Hall–Kier alpha value is -3.84. The summed E-state index contributed by atoms with van der Waals surface area (Å²) < 4.78 is 13.9. The molecule has 6 nitrogen and oxygen atoms in total. The normalized spacial score (nSPS) is 10.9. The van der Waals surface area contributed by atoms with E-state index in [1.54, 1.807) is 20.5 Å². The SMILES string of the molecule is COc1ccc(CCNc2ncnc3c2c(-c2ccccc2)cn3-c2ccc(Br)cc2)cc1OC. The van der Waals surface area contributed by atoms with Crippen molar-refractivity contribution in [1.82, 2.24) is 14.5 Å². The smallest absolute Gasteiger partial charge is 0.160 e. The summed E-state index contributed by atoms with van der Waals surface area (Å²) in [5.41, 5.74) is 5.24. The quantitative estimate of drug-likeness (QED) is 0.248. The fraction of sp³-hybridized carbons (Fsp3) is 0.143. The standard InChI is InChI=1S/C28H25BrN4O2/c1-34-24-13-8-19(16-25(24)35-2)14-15-30-27-26-23(20-6-4-3-5-7-20)17-33(28(26)32-18-31-27)22-11-9-21(29)10-12-22/h3-13,16-18H,14-15H2,1-2H3,(H,30,31,32). The van der Waals surface area contributed by atoms with Crippen molar-refractivity contribution in [3.8, 4) is 28.3 Å². The Morgan fingerprint density at radius 3 is 2.40 bits per heavy atom. The van der Waals surface area contributed by atoms with Crippen molar-refractivity contribution >= 4 is 32.8 Å². The van der Waals surface area contributed by atoms with Gasteiger partial charge in [-0.05, 0) is 53.9 Å². The van der Waals surface area contributed by atoms with Gasteiger partial charge in [0.15, 0.2) is 17.1 Å². The maximum atomic E-state index is 5.44. The van der Waals surface area contributed by atoms with Crippen LogP contribution in [0, 0.1) is 0 Å². The van der Waals surface area contributed by atoms with E-state index in [-0.39, 0.29) is 0 Å². The van der Waals surface area contributed by atoms with E-state index in [9.17, 15) is 0 Å². The summed E-state index contributed by atoms with van der Waals surface area (Å²) in [6.07, 6.45) is 4.56. The molecule has 1 N–H and O–H groups in total. The van der Waals surface area contributed by atoms with Crippen LogP contribution in [0.4, 0.5) is 5.82 Å². The highest BCUT2D eigenvalue weighted by atomic mass is 79.9. The molecule has 0 aliphatic carbocycles. The summed E-state index contributed by atoms with van der Waals surface area (Å²) in [7, 11) is 3.29. The number of nitrogens with zero attached hydrogens (tertiary/aromatic N) is 3. The van der Waals surface area contributed by atoms with Crippen LogP contribution >= 0.6 is 15.9 Å². The maximum absolute atomic E-state index is 5.44. The van der Waals surface area contributed by atoms with Crippen molar-refractivity contribution in [2.45, 2.75) is 6.42 Å². The third kappa shape index (κ3) is 4.72. The fourth-order valence-electron chi connectivity index (χ4n) is 4.19. The predicted octanol–water partition coefficient (Wildman–Crippen LogP) is 6.52. The molecule has 5 aromatic rings. The molecule has 0 unspecified atom stereocenters. The summed E-state index contributed by atoms with van der Waals surface area (Å²) in [5, 5.41) is 4.54. The number of hydrogen-bond donors (Lipinski definition) is 1. The molecular weight excluding hydrogens is 504 g/mol. The van der Waals surface area contributed by atoms with Crippen LogP contribution in [0.5, 0.6) is 11.5 Å². The summed E-state index contributed by atoms with van der Waals surface area (Å²) in [4.78, 5) is 9.28. The molecule has 0 fully saturated rings. The molecule has 5 rings (SSSR count). The van der Waals surface area contributed by atoms with Gasteiger partial charge >= 0.3 is 0 Å². The zero-order chi connectivity index (χ0) is 24.2. The average molecular weight is 529 g/mol. The van der Waals surface area contributed by atoms with Gasteiger partial charge in [0.05, 0.1) is 19.6 Å². The van der Waals surface area contributed by atoms with Gasteiger partial charge in [0.2, 0.25) is 0 Å². The number of benzene rings is 3. The molecule has 0 saturated heterocycles. The van der Waals surface area contributed by atoms with Gasteiger partial charge in [-0.15, -0.1) is 0 Å². The topological polar surface area (TPSA) is 61.2 Å². The summed E-state index contributed by atoms with van der Waals surface area (Å²) >= 11 is 3.53. The second-order valence-electron chi connectivity index (χ2n) is 8.04. The van der Waals surface area contributed by atoms with Gasteiger partial charge in [-0.2, -0.15) is 0 Å². The third-order valence-corrected chi connectivity index (χ3v) is 6.46. The Labute approximate surface area is 212 Å². The van der Waals surface area contributed by atoms with Crippen LogP contribution in [0.15, 0.2) is 89.8 Å². The number of hydrogen-bond acceptors (Lipinski definition) is 5. The molecule has 0 amide bonds. The number of ether oxygens (including phenoxy) is 2. The van der Waals surface area contributed by atoms with E-state index < -0.39 is 0 Å². The first kappa shape index (κ1) is 22.9. The lowest BCUT2D eigenvalue weighted by Gasteiger charge is -2.11. The molecular formula is C28H25BrN4O2. The molecule has 3 aromatic carbocycles. The monoisotopic (exact) mass is 528 g/mol. The molecule has 2 aromatic heterocycles. The Kier molecular flexibility index (Phi) is 6.68. The largest absolute Gasteiger partial charge is 0.493 e. The van der Waals surface area contributed by atoms with Gasteiger partial charge in [-0.3, -0.25) is 0 Å². The second kappa shape index (κ2) is 10.2. The molecule has 0 atom stereocenters. The molecule has 176 valence electrons. The minimum atomic E-state index is 0.708. The lowest BCUT2D eigenvalue weighted by molar-refractivity contribution is 0.354. The van der Waals surface area contributed by atoms with Crippen LogP contribution in [-0.2, 0) is 6.42 Å². The van der Waals surface area contributed by atoms with Crippen molar-refractivity contribution in [2.24, 2.45) is 0 Å². The Morgan fingerprint density at radius 2 is 1.66 bits per heavy atom. The van der Waals surface area contributed by atoms with E-state index in [2.05, 4.69) is 72.3 Å². The van der Waals surface area contributed by atoms with Gasteiger partial charge in [0, 0.05) is 28.5 Å². The number of nitrogens with one attached hydrogen (secondary N) is 1. The molecule has 0 saturated carbocycles. The summed E-state index contributed by atoms with van der Waals surface area (Å²) in [5.74, 6) is 2.26. The number of fused-ring (bicyclic) bond motifs is 1. The third-order valence-electron chi connectivity index (χ3n) is 5.93. The molecule has 0 aliphatic heterocycles. The highest BCUT2D eigenvalue weighted by molar-refractivity contribution is 9.10. The summed E-state index contributed by atoms with van der Waals surface area (Å²) in [6, 6.07) is 24.6.